The van der Waals surface area contributed by atoms with Crippen molar-refractivity contribution in [1.82, 2.24) is 5.32 Å². The molecule has 11 heteroatoms. The lowest BCUT2D eigenvalue weighted by Crippen LogP contribution is -2.25. The van der Waals surface area contributed by atoms with Crippen molar-refractivity contribution in [3.8, 4) is 0 Å². The van der Waals surface area contributed by atoms with Gasteiger partial charge in [0.05, 0.1) is 4.90 Å². The van der Waals surface area contributed by atoms with E-state index < -0.39 is 24.9 Å². The fourth-order valence-electron chi connectivity index (χ4n) is 1.90. The van der Waals surface area contributed by atoms with Crippen molar-refractivity contribution >= 4 is 56.6 Å². The molecule has 0 saturated heterocycles. The van der Waals surface area contributed by atoms with Crippen molar-refractivity contribution in [2.75, 3.05) is 6.54 Å². The maximum Gasteiger partial charge on any atom is 0.328 e. The minimum Gasteiger partial charge on any atom is -0.478 e. The summed E-state index contributed by atoms with van der Waals surface area (Å²) in [6, 6.07) is 4.83. The zero-order valence-corrected chi connectivity index (χ0v) is 15.7. The summed E-state index contributed by atoms with van der Waals surface area (Å²) in [7, 11) is -3.94. The molecule has 7 nitrogen and oxygen atoms in total. The molecule has 0 unspecified atom stereocenters. The van der Waals surface area contributed by atoms with Gasteiger partial charge in [0, 0.05) is 18.7 Å². The third-order valence-corrected chi connectivity index (χ3v) is 6.36. The lowest BCUT2D eigenvalue weighted by molar-refractivity contribution is -0.134. The number of alkyl halides is 3. The number of carbonyl (C=O) groups is 2. The normalized spacial score (nSPS) is 14.4. The summed E-state index contributed by atoms with van der Waals surface area (Å²) in [5.41, 5.74) is 2.07. The first kappa shape index (κ1) is 21.7. The van der Waals surface area contributed by atoms with E-state index in [1.807, 2.05) is 0 Å². The van der Waals surface area contributed by atoms with Gasteiger partial charge in [-0.25, -0.2) is 18.0 Å². The van der Waals surface area contributed by atoms with E-state index in [1.54, 1.807) is 12.1 Å². The Bertz CT molecular complexity index is 770. The van der Waals surface area contributed by atoms with Gasteiger partial charge in [-0.3, -0.25) is 0 Å². The highest BCUT2D eigenvalue weighted by molar-refractivity contribution is 7.97. The molecule has 1 heterocycles. The molecule has 138 valence electrons. The number of carboxylic acid groups (broad SMARTS) is 2. The second-order valence-corrected chi connectivity index (χ2v) is 9.86. The van der Waals surface area contributed by atoms with Crippen LogP contribution in [0.25, 0.3) is 0 Å². The van der Waals surface area contributed by atoms with Crippen molar-refractivity contribution in [3.05, 3.63) is 41.5 Å². The maximum atomic E-state index is 11.9. The Balaban J connectivity index is 0.000000333. The Labute approximate surface area is 159 Å². The van der Waals surface area contributed by atoms with Crippen LogP contribution in [0.4, 0.5) is 0 Å². The molecule has 0 fully saturated rings. The Kier molecular flexibility index (Phi) is 7.70. The smallest absolute Gasteiger partial charge is 0.328 e. The highest BCUT2D eigenvalue weighted by atomic mass is 35.6. The van der Waals surface area contributed by atoms with Gasteiger partial charge in [0.2, 0.25) is 9.84 Å². The van der Waals surface area contributed by atoms with E-state index in [-0.39, 0.29) is 4.90 Å². The number of rotatable bonds is 3. The molecule has 1 aromatic rings. The van der Waals surface area contributed by atoms with Crippen LogP contribution >= 0.6 is 34.8 Å². The van der Waals surface area contributed by atoms with Crippen LogP contribution in [0.2, 0.25) is 0 Å². The molecule has 0 saturated carbocycles. The maximum absolute atomic E-state index is 11.9. The van der Waals surface area contributed by atoms with E-state index in [9.17, 15) is 18.0 Å². The first-order valence-corrected chi connectivity index (χ1v) is 9.34. The van der Waals surface area contributed by atoms with Crippen molar-refractivity contribution in [2.45, 2.75) is 21.0 Å². The van der Waals surface area contributed by atoms with Crippen LogP contribution in [0.5, 0.6) is 0 Å². The van der Waals surface area contributed by atoms with Crippen molar-refractivity contribution < 1.29 is 28.2 Å². The number of benzene rings is 1. The van der Waals surface area contributed by atoms with Gasteiger partial charge in [-0.1, -0.05) is 40.9 Å². The SMILES string of the molecule is O=C(O)C=CC(=O)O.O=S(=O)(c1ccc2c(c1)CNCC2)C(Cl)(Cl)Cl. The van der Waals surface area contributed by atoms with E-state index in [0.29, 0.717) is 18.7 Å². The number of hydrogen-bond acceptors (Lipinski definition) is 5. The average molecular weight is 431 g/mol. The number of carboxylic acids is 2. The van der Waals surface area contributed by atoms with Crippen LogP contribution in [-0.4, -0.2) is 40.2 Å². The first-order chi connectivity index (χ1) is 11.4. The molecule has 0 spiro atoms. The van der Waals surface area contributed by atoms with E-state index in [4.69, 9.17) is 45.0 Å². The molecule has 0 aromatic heterocycles. The minimum atomic E-state index is -3.94. The molecule has 0 bridgehead atoms. The van der Waals surface area contributed by atoms with Gasteiger partial charge in [-0.05, 0) is 36.2 Å². The van der Waals surface area contributed by atoms with Crippen LogP contribution in [0.3, 0.4) is 0 Å². The van der Waals surface area contributed by atoms with Gasteiger partial charge in [0.1, 0.15) is 0 Å². The van der Waals surface area contributed by atoms with Gasteiger partial charge in [-0.2, -0.15) is 0 Å². The van der Waals surface area contributed by atoms with Crippen LogP contribution in [0.1, 0.15) is 11.1 Å². The average Bonchev–Trinajstić information content (AvgIpc) is 2.52. The first-order valence-electron chi connectivity index (χ1n) is 6.73. The third kappa shape index (κ3) is 6.48. The van der Waals surface area contributed by atoms with Gasteiger partial charge in [0.25, 0.3) is 3.12 Å². The minimum absolute atomic E-state index is 0.0416. The van der Waals surface area contributed by atoms with Gasteiger partial charge in [-0.15, -0.1) is 0 Å². The Morgan fingerprint density at radius 1 is 1.08 bits per heavy atom. The molecule has 1 aliphatic rings. The van der Waals surface area contributed by atoms with Crippen LogP contribution < -0.4 is 5.32 Å². The fraction of sp³-hybridized carbons (Fsp3) is 0.286. The summed E-state index contributed by atoms with van der Waals surface area (Å²) in [5, 5.41) is 18.8. The summed E-state index contributed by atoms with van der Waals surface area (Å²) in [4.78, 5) is 19.1. The molecule has 0 radical (unpaired) electrons. The number of aliphatic carboxylic acids is 2. The molecule has 2 rings (SSSR count). The highest BCUT2D eigenvalue weighted by Crippen LogP contribution is 2.38. The monoisotopic (exact) mass is 429 g/mol. The zero-order chi connectivity index (χ0) is 19.3. The quantitative estimate of drug-likeness (QED) is 0.496. The molecule has 0 aliphatic carbocycles. The summed E-state index contributed by atoms with van der Waals surface area (Å²) in [5.74, 6) is -2.51. The summed E-state index contributed by atoms with van der Waals surface area (Å²) in [6.45, 7) is 1.53. The Hall–Kier alpha value is -1.32. The molecular formula is C14H14Cl3NO6S. The Morgan fingerprint density at radius 3 is 2.12 bits per heavy atom. The van der Waals surface area contributed by atoms with Gasteiger partial charge < -0.3 is 15.5 Å². The largest absolute Gasteiger partial charge is 0.478 e. The fourth-order valence-corrected chi connectivity index (χ4v) is 3.51. The predicted molar refractivity (Wildman–Crippen MR) is 93.7 cm³/mol. The number of halogens is 3. The summed E-state index contributed by atoms with van der Waals surface area (Å²) in [6.07, 6.45) is 1.99. The topological polar surface area (TPSA) is 121 Å². The van der Waals surface area contributed by atoms with E-state index >= 15 is 0 Å². The van der Waals surface area contributed by atoms with Crippen molar-refractivity contribution in [2.24, 2.45) is 0 Å². The molecule has 0 atom stereocenters. The number of hydrogen-bond donors (Lipinski definition) is 3. The second kappa shape index (κ2) is 8.86. The lowest BCUT2D eigenvalue weighted by atomic mass is 10.0. The second-order valence-electron chi connectivity index (χ2n) is 4.82. The van der Waals surface area contributed by atoms with Crippen molar-refractivity contribution in [1.29, 1.82) is 0 Å². The zero-order valence-electron chi connectivity index (χ0n) is 12.6. The molecule has 25 heavy (non-hydrogen) atoms. The summed E-state index contributed by atoms with van der Waals surface area (Å²) < 4.78 is 21.5. The van der Waals surface area contributed by atoms with Crippen LogP contribution in [0, 0.1) is 0 Å². The number of sulfone groups is 1. The predicted octanol–water partition coefficient (Wildman–Crippen LogP) is 2.15. The van der Waals surface area contributed by atoms with Crippen LogP contribution in [0.15, 0.2) is 35.2 Å². The van der Waals surface area contributed by atoms with Crippen molar-refractivity contribution in [3.63, 3.8) is 0 Å². The number of nitrogens with one attached hydrogen (secondary N) is 1. The van der Waals surface area contributed by atoms with Crippen LogP contribution in [-0.2, 0) is 32.4 Å². The standard InChI is InChI=1S/C10H10Cl3NO2S.C4H4O4/c11-10(12,13)17(15,16)9-2-1-7-3-4-14-6-8(7)5-9;5-3(6)1-2-4(7)8/h1-2,5,14H,3-4,6H2;1-2H,(H,5,6)(H,7,8). The van der Waals surface area contributed by atoms with E-state index in [0.717, 1.165) is 24.1 Å². The summed E-state index contributed by atoms with van der Waals surface area (Å²) >= 11 is 16.4. The van der Waals surface area contributed by atoms with Gasteiger partial charge in [0.15, 0.2) is 0 Å². The molecule has 1 aliphatic heterocycles. The van der Waals surface area contributed by atoms with E-state index in [1.165, 1.54) is 6.07 Å². The molecule has 0 amide bonds. The molecule has 1 aromatic carbocycles. The molecule has 3 N–H and O–H groups in total. The number of fused-ring (bicyclic) bond motifs is 1. The highest BCUT2D eigenvalue weighted by Gasteiger charge is 2.39. The van der Waals surface area contributed by atoms with E-state index in [2.05, 4.69) is 5.32 Å². The Morgan fingerprint density at radius 2 is 1.64 bits per heavy atom. The lowest BCUT2D eigenvalue weighted by Gasteiger charge is -2.19. The van der Waals surface area contributed by atoms with Gasteiger partial charge >= 0.3 is 11.9 Å². The third-order valence-electron chi connectivity index (χ3n) is 3.05. The molecular weight excluding hydrogens is 417 g/mol.